The molecule has 1 aromatic rings. The first-order valence-corrected chi connectivity index (χ1v) is 10.1. The van der Waals surface area contributed by atoms with Crippen molar-refractivity contribution in [3.05, 3.63) is 28.8 Å². The Hall–Kier alpha value is -0.630. The average molecular weight is 335 g/mol. The SMILES string of the molecule is CC(C)(C)c1cc(CSC2CCCCC2)c(O)c(C(C)(C)C)c1. The Bertz CT molecular complexity index is 528. The van der Waals surface area contributed by atoms with Crippen LogP contribution in [0, 0.1) is 0 Å². The predicted molar refractivity (Wildman–Crippen MR) is 104 cm³/mol. The molecule has 0 saturated heterocycles. The molecule has 1 aromatic carbocycles. The molecule has 130 valence electrons. The quantitative estimate of drug-likeness (QED) is 0.676. The number of hydrogen-bond donors (Lipinski definition) is 1. The summed E-state index contributed by atoms with van der Waals surface area (Å²) < 4.78 is 0. The molecule has 1 aliphatic rings. The Morgan fingerprint density at radius 1 is 0.957 bits per heavy atom. The third-order valence-electron chi connectivity index (χ3n) is 4.89. The van der Waals surface area contributed by atoms with Crippen LogP contribution in [0.3, 0.4) is 0 Å². The van der Waals surface area contributed by atoms with Crippen molar-refractivity contribution < 1.29 is 5.11 Å². The second kappa shape index (κ2) is 7.09. The van der Waals surface area contributed by atoms with Crippen molar-refractivity contribution in [3.63, 3.8) is 0 Å². The third kappa shape index (κ3) is 4.92. The molecule has 2 rings (SSSR count). The smallest absolute Gasteiger partial charge is 0.123 e. The van der Waals surface area contributed by atoms with Gasteiger partial charge in [-0.05, 0) is 34.8 Å². The number of benzene rings is 1. The van der Waals surface area contributed by atoms with Crippen molar-refractivity contribution in [1.29, 1.82) is 0 Å². The Balaban J connectivity index is 2.29. The Morgan fingerprint density at radius 3 is 2.09 bits per heavy atom. The van der Waals surface area contributed by atoms with Crippen LogP contribution in [-0.2, 0) is 16.6 Å². The Kier molecular flexibility index (Phi) is 5.76. The highest BCUT2D eigenvalue weighted by Crippen LogP contribution is 2.40. The molecule has 2 heteroatoms. The van der Waals surface area contributed by atoms with Gasteiger partial charge in [0.2, 0.25) is 0 Å². The minimum absolute atomic E-state index is 0.0321. The molecule has 0 spiro atoms. The van der Waals surface area contributed by atoms with E-state index in [1.165, 1.54) is 37.7 Å². The summed E-state index contributed by atoms with van der Waals surface area (Å²) in [5, 5.41) is 11.6. The van der Waals surface area contributed by atoms with Crippen molar-refractivity contribution in [1.82, 2.24) is 0 Å². The lowest BCUT2D eigenvalue weighted by atomic mass is 9.79. The van der Waals surface area contributed by atoms with Gasteiger partial charge in [-0.1, -0.05) is 72.9 Å². The maximum absolute atomic E-state index is 10.8. The van der Waals surface area contributed by atoms with Crippen LogP contribution in [0.1, 0.15) is 90.3 Å². The molecule has 0 unspecified atom stereocenters. The normalized spacial score (nSPS) is 17.5. The summed E-state index contributed by atoms with van der Waals surface area (Å²) in [5.41, 5.74) is 3.62. The second-order valence-corrected chi connectivity index (χ2v) is 10.4. The topological polar surface area (TPSA) is 20.2 Å². The van der Waals surface area contributed by atoms with E-state index in [9.17, 15) is 5.11 Å². The first-order valence-electron chi connectivity index (χ1n) is 9.07. The molecule has 23 heavy (non-hydrogen) atoms. The molecule has 1 nitrogen and oxygen atoms in total. The van der Waals surface area contributed by atoms with Gasteiger partial charge in [-0.25, -0.2) is 0 Å². The molecule has 1 N–H and O–H groups in total. The molecule has 1 aliphatic carbocycles. The van der Waals surface area contributed by atoms with Crippen LogP contribution in [-0.4, -0.2) is 10.4 Å². The predicted octanol–water partition coefficient (Wildman–Crippen LogP) is 6.55. The van der Waals surface area contributed by atoms with E-state index in [0.29, 0.717) is 5.75 Å². The zero-order valence-corrected chi connectivity index (χ0v) is 16.6. The number of phenolic OH excluding ortho intramolecular Hbond substituents is 1. The molecule has 0 heterocycles. The zero-order chi connectivity index (χ0) is 17.3. The molecule has 0 atom stereocenters. The summed E-state index contributed by atoms with van der Waals surface area (Å²) in [4.78, 5) is 0. The van der Waals surface area contributed by atoms with E-state index in [1.54, 1.807) is 0 Å². The third-order valence-corrected chi connectivity index (χ3v) is 6.31. The first kappa shape index (κ1) is 18.7. The van der Waals surface area contributed by atoms with Crippen LogP contribution in [0.15, 0.2) is 12.1 Å². The maximum atomic E-state index is 10.8. The van der Waals surface area contributed by atoms with E-state index in [-0.39, 0.29) is 10.8 Å². The van der Waals surface area contributed by atoms with Gasteiger partial charge in [0.15, 0.2) is 0 Å². The van der Waals surface area contributed by atoms with Gasteiger partial charge in [-0.3, -0.25) is 0 Å². The standard InChI is InChI=1S/C21H34OS/c1-20(2,3)16-12-15(14-23-17-10-8-7-9-11-17)19(22)18(13-16)21(4,5)6/h12-13,17,22H,7-11,14H2,1-6H3. The molecular weight excluding hydrogens is 300 g/mol. The highest BCUT2D eigenvalue weighted by molar-refractivity contribution is 7.99. The number of hydrogen-bond acceptors (Lipinski definition) is 2. The van der Waals surface area contributed by atoms with E-state index in [0.717, 1.165) is 22.1 Å². The average Bonchev–Trinajstić information content (AvgIpc) is 2.44. The largest absolute Gasteiger partial charge is 0.507 e. The number of rotatable bonds is 3. The fourth-order valence-electron chi connectivity index (χ4n) is 3.25. The van der Waals surface area contributed by atoms with Gasteiger partial charge in [0, 0.05) is 16.6 Å². The van der Waals surface area contributed by atoms with Gasteiger partial charge in [0.1, 0.15) is 5.75 Å². The number of phenols is 1. The van der Waals surface area contributed by atoms with Crippen LogP contribution >= 0.6 is 11.8 Å². The second-order valence-electron chi connectivity index (χ2n) is 9.10. The molecular formula is C21H34OS. The summed E-state index contributed by atoms with van der Waals surface area (Å²) >= 11 is 2.04. The fourth-order valence-corrected chi connectivity index (χ4v) is 4.55. The molecule has 0 radical (unpaired) electrons. The first-order chi connectivity index (χ1) is 10.6. The maximum Gasteiger partial charge on any atom is 0.123 e. The minimum Gasteiger partial charge on any atom is -0.507 e. The van der Waals surface area contributed by atoms with E-state index in [1.807, 2.05) is 11.8 Å². The highest BCUT2D eigenvalue weighted by atomic mass is 32.2. The fraction of sp³-hybridized carbons (Fsp3) is 0.714. The van der Waals surface area contributed by atoms with Gasteiger partial charge in [-0.2, -0.15) is 11.8 Å². The van der Waals surface area contributed by atoms with E-state index in [4.69, 9.17) is 0 Å². The van der Waals surface area contributed by atoms with Gasteiger partial charge in [0.25, 0.3) is 0 Å². The van der Waals surface area contributed by atoms with Gasteiger partial charge >= 0.3 is 0 Å². The lowest BCUT2D eigenvalue weighted by Gasteiger charge is -2.28. The van der Waals surface area contributed by atoms with Crippen LogP contribution in [0.2, 0.25) is 0 Å². The Morgan fingerprint density at radius 2 is 1.57 bits per heavy atom. The molecule has 1 fully saturated rings. The van der Waals surface area contributed by atoms with Crippen LogP contribution in [0.25, 0.3) is 0 Å². The molecule has 0 bridgehead atoms. The number of aromatic hydroxyl groups is 1. The van der Waals surface area contributed by atoms with Crippen molar-refractivity contribution in [2.75, 3.05) is 0 Å². The van der Waals surface area contributed by atoms with E-state index in [2.05, 4.69) is 53.7 Å². The minimum atomic E-state index is -0.0321. The van der Waals surface area contributed by atoms with Crippen LogP contribution in [0.5, 0.6) is 5.75 Å². The van der Waals surface area contributed by atoms with Gasteiger partial charge in [-0.15, -0.1) is 0 Å². The van der Waals surface area contributed by atoms with Crippen molar-refractivity contribution in [3.8, 4) is 5.75 Å². The molecule has 1 saturated carbocycles. The summed E-state index contributed by atoms with van der Waals surface area (Å²) in [7, 11) is 0. The van der Waals surface area contributed by atoms with Gasteiger partial charge < -0.3 is 5.11 Å². The highest BCUT2D eigenvalue weighted by Gasteiger charge is 2.25. The summed E-state index contributed by atoms with van der Waals surface area (Å²) in [6.45, 7) is 13.3. The van der Waals surface area contributed by atoms with E-state index < -0.39 is 0 Å². The summed E-state index contributed by atoms with van der Waals surface area (Å²) in [5.74, 6) is 1.46. The summed E-state index contributed by atoms with van der Waals surface area (Å²) in [6.07, 6.45) is 6.83. The lowest BCUT2D eigenvalue weighted by Crippen LogP contribution is -2.17. The summed E-state index contributed by atoms with van der Waals surface area (Å²) in [6, 6.07) is 4.45. The van der Waals surface area contributed by atoms with Crippen LogP contribution in [0.4, 0.5) is 0 Å². The van der Waals surface area contributed by atoms with Crippen molar-refractivity contribution >= 4 is 11.8 Å². The monoisotopic (exact) mass is 334 g/mol. The Labute approximate surface area is 147 Å². The van der Waals surface area contributed by atoms with Crippen LogP contribution < -0.4 is 0 Å². The van der Waals surface area contributed by atoms with Crippen molar-refractivity contribution in [2.24, 2.45) is 0 Å². The molecule has 0 aliphatic heterocycles. The zero-order valence-electron chi connectivity index (χ0n) is 15.8. The molecule has 0 amide bonds. The lowest BCUT2D eigenvalue weighted by molar-refractivity contribution is 0.440. The molecule has 0 aromatic heterocycles. The van der Waals surface area contributed by atoms with Crippen molar-refractivity contribution in [2.45, 2.75) is 95.5 Å². The van der Waals surface area contributed by atoms with E-state index >= 15 is 0 Å². The number of thioether (sulfide) groups is 1. The van der Waals surface area contributed by atoms with Gasteiger partial charge in [0.05, 0.1) is 0 Å².